The number of ether oxygens (including phenoxy) is 2. The molecule has 0 aromatic heterocycles. The molecule has 0 saturated heterocycles. The number of benzene rings is 4. The van der Waals surface area contributed by atoms with Crippen molar-refractivity contribution in [2.75, 3.05) is 7.11 Å². The lowest BCUT2D eigenvalue weighted by Crippen LogP contribution is -1.98. The lowest BCUT2D eigenvalue weighted by molar-refractivity contribution is 0.133. The van der Waals surface area contributed by atoms with Crippen molar-refractivity contribution in [3.8, 4) is 11.5 Å². The first-order valence-electron chi connectivity index (χ1n) is 9.90. The van der Waals surface area contributed by atoms with Crippen LogP contribution in [0.1, 0.15) is 16.7 Å². The maximum Gasteiger partial charge on any atom is 0.161 e. The standard InChI is InChI=1S/C26H22ClNO3/c1-29-26-15-20(11-14-25(26)30-17-19-9-12-23(27)13-10-19)16-28-31-18-22-7-4-6-21-5-2-3-8-24(21)22/h2-16H,17-18H2,1H3/b28-16-. The maximum atomic E-state index is 5.92. The molecule has 4 aromatic carbocycles. The van der Waals surface area contributed by atoms with Crippen molar-refractivity contribution in [1.82, 2.24) is 0 Å². The topological polar surface area (TPSA) is 40.0 Å². The van der Waals surface area contributed by atoms with E-state index in [1.165, 1.54) is 10.8 Å². The highest BCUT2D eigenvalue weighted by Gasteiger charge is 2.06. The number of oxime groups is 1. The Balaban J connectivity index is 1.38. The van der Waals surface area contributed by atoms with E-state index in [0.717, 1.165) is 16.7 Å². The second kappa shape index (κ2) is 10.0. The zero-order chi connectivity index (χ0) is 21.5. The monoisotopic (exact) mass is 431 g/mol. The Labute approximate surface area is 186 Å². The van der Waals surface area contributed by atoms with Gasteiger partial charge in [-0.2, -0.15) is 0 Å². The smallest absolute Gasteiger partial charge is 0.161 e. The molecule has 0 heterocycles. The molecule has 0 unspecified atom stereocenters. The number of rotatable bonds is 8. The van der Waals surface area contributed by atoms with E-state index in [1.807, 2.05) is 66.7 Å². The number of hydrogen-bond donors (Lipinski definition) is 0. The van der Waals surface area contributed by atoms with Gasteiger partial charge in [0.25, 0.3) is 0 Å². The van der Waals surface area contributed by atoms with Crippen molar-refractivity contribution >= 4 is 28.6 Å². The number of methoxy groups -OCH3 is 1. The van der Waals surface area contributed by atoms with Gasteiger partial charge in [0.1, 0.15) is 13.2 Å². The Morgan fingerprint density at radius 3 is 2.48 bits per heavy atom. The highest BCUT2D eigenvalue weighted by Crippen LogP contribution is 2.28. The Kier molecular flexibility index (Phi) is 6.70. The lowest BCUT2D eigenvalue weighted by Gasteiger charge is -2.11. The Hall–Kier alpha value is -3.50. The van der Waals surface area contributed by atoms with E-state index in [-0.39, 0.29) is 0 Å². The van der Waals surface area contributed by atoms with Crippen molar-refractivity contribution < 1.29 is 14.3 Å². The second-order valence-electron chi connectivity index (χ2n) is 6.97. The van der Waals surface area contributed by atoms with E-state index in [9.17, 15) is 0 Å². The largest absolute Gasteiger partial charge is 0.493 e. The summed E-state index contributed by atoms with van der Waals surface area (Å²) in [5.74, 6) is 1.29. The predicted octanol–water partition coefficient (Wildman–Crippen LogP) is 6.63. The van der Waals surface area contributed by atoms with Crippen molar-refractivity contribution in [1.29, 1.82) is 0 Å². The van der Waals surface area contributed by atoms with Crippen LogP contribution < -0.4 is 9.47 Å². The zero-order valence-corrected chi connectivity index (χ0v) is 17.9. The van der Waals surface area contributed by atoms with Gasteiger partial charge in [0.2, 0.25) is 0 Å². The minimum Gasteiger partial charge on any atom is -0.493 e. The molecule has 156 valence electrons. The molecule has 0 radical (unpaired) electrons. The summed E-state index contributed by atoms with van der Waals surface area (Å²) < 4.78 is 11.4. The number of fused-ring (bicyclic) bond motifs is 1. The molecule has 0 fully saturated rings. The molecule has 31 heavy (non-hydrogen) atoms. The second-order valence-corrected chi connectivity index (χ2v) is 7.41. The molecule has 4 nitrogen and oxygen atoms in total. The van der Waals surface area contributed by atoms with E-state index in [1.54, 1.807) is 13.3 Å². The first-order chi connectivity index (χ1) is 15.2. The molecule has 0 saturated carbocycles. The lowest BCUT2D eigenvalue weighted by atomic mass is 10.1. The Bertz CT molecular complexity index is 1180. The molecule has 0 aliphatic rings. The molecule has 0 N–H and O–H groups in total. The molecule has 0 aliphatic heterocycles. The minimum atomic E-state index is 0.400. The Morgan fingerprint density at radius 2 is 1.65 bits per heavy atom. The van der Waals surface area contributed by atoms with Gasteiger partial charge in [0, 0.05) is 10.6 Å². The number of hydrogen-bond acceptors (Lipinski definition) is 4. The molecule has 0 atom stereocenters. The quantitative estimate of drug-likeness (QED) is 0.232. The summed E-state index contributed by atoms with van der Waals surface area (Å²) in [6, 6.07) is 27.6. The predicted molar refractivity (Wildman–Crippen MR) is 125 cm³/mol. The van der Waals surface area contributed by atoms with Crippen LogP contribution in [0.25, 0.3) is 10.8 Å². The molecule has 0 aliphatic carbocycles. The fraction of sp³-hybridized carbons (Fsp3) is 0.115. The van der Waals surface area contributed by atoms with Crippen LogP contribution in [0.2, 0.25) is 5.02 Å². The van der Waals surface area contributed by atoms with Gasteiger partial charge in [-0.05, 0) is 52.2 Å². The highest BCUT2D eigenvalue weighted by atomic mass is 35.5. The first kappa shape index (κ1) is 20.8. The van der Waals surface area contributed by atoms with Gasteiger partial charge >= 0.3 is 0 Å². The van der Waals surface area contributed by atoms with E-state index < -0.39 is 0 Å². The summed E-state index contributed by atoms with van der Waals surface area (Å²) in [6.07, 6.45) is 1.66. The summed E-state index contributed by atoms with van der Waals surface area (Å²) in [5.41, 5.74) is 2.98. The van der Waals surface area contributed by atoms with Crippen molar-refractivity contribution in [2.24, 2.45) is 5.16 Å². The molecule has 0 bridgehead atoms. The summed E-state index contributed by atoms with van der Waals surface area (Å²) >= 11 is 5.92. The molecule has 4 aromatic rings. The summed E-state index contributed by atoms with van der Waals surface area (Å²) in [7, 11) is 1.61. The van der Waals surface area contributed by atoms with E-state index in [2.05, 4.69) is 23.4 Å². The van der Waals surface area contributed by atoms with Crippen LogP contribution in [-0.4, -0.2) is 13.3 Å². The molecular formula is C26H22ClNO3. The van der Waals surface area contributed by atoms with Crippen LogP contribution in [0, 0.1) is 0 Å². The van der Waals surface area contributed by atoms with E-state index in [4.69, 9.17) is 25.9 Å². The van der Waals surface area contributed by atoms with Gasteiger partial charge in [-0.1, -0.05) is 71.4 Å². The van der Waals surface area contributed by atoms with Crippen molar-refractivity contribution in [2.45, 2.75) is 13.2 Å². The van der Waals surface area contributed by atoms with Crippen LogP contribution in [0.4, 0.5) is 0 Å². The average molecular weight is 432 g/mol. The fourth-order valence-electron chi connectivity index (χ4n) is 3.25. The molecule has 0 spiro atoms. The van der Waals surface area contributed by atoms with Crippen LogP contribution in [0.5, 0.6) is 11.5 Å². The first-order valence-corrected chi connectivity index (χ1v) is 10.3. The van der Waals surface area contributed by atoms with Gasteiger partial charge in [0.15, 0.2) is 11.5 Å². The minimum absolute atomic E-state index is 0.400. The van der Waals surface area contributed by atoms with Crippen molar-refractivity contribution in [3.63, 3.8) is 0 Å². The molecule has 0 amide bonds. The van der Waals surface area contributed by atoms with Crippen molar-refractivity contribution in [3.05, 3.63) is 107 Å². The summed E-state index contributed by atoms with van der Waals surface area (Å²) in [6.45, 7) is 0.826. The van der Waals surface area contributed by atoms with Gasteiger partial charge in [0.05, 0.1) is 13.3 Å². The van der Waals surface area contributed by atoms with Gasteiger partial charge in [-0.3, -0.25) is 0 Å². The van der Waals surface area contributed by atoms with E-state index in [0.29, 0.717) is 29.7 Å². The third kappa shape index (κ3) is 5.36. The van der Waals surface area contributed by atoms with Gasteiger partial charge in [-0.15, -0.1) is 0 Å². The van der Waals surface area contributed by atoms with Gasteiger partial charge in [-0.25, -0.2) is 0 Å². The normalized spacial score (nSPS) is 11.0. The average Bonchev–Trinajstić information content (AvgIpc) is 2.82. The van der Waals surface area contributed by atoms with Crippen LogP contribution >= 0.6 is 11.6 Å². The van der Waals surface area contributed by atoms with E-state index >= 15 is 0 Å². The Morgan fingerprint density at radius 1 is 0.839 bits per heavy atom. The van der Waals surface area contributed by atoms with Crippen LogP contribution in [0.15, 0.2) is 90.1 Å². The number of halogens is 1. The fourth-order valence-corrected chi connectivity index (χ4v) is 3.37. The maximum absolute atomic E-state index is 5.92. The molecule has 4 rings (SSSR count). The van der Waals surface area contributed by atoms with Crippen LogP contribution in [-0.2, 0) is 18.1 Å². The van der Waals surface area contributed by atoms with Gasteiger partial charge < -0.3 is 14.3 Å². The third-order valence-electron chi connectivity index (χ3n) is 4.87. The van der Waals surface area contributed by atoms with Crippen LogP contribution in [0.3, 0.4) is 0 Å². The zero-order valence-electron chi connectivity index (χ0n) is 17.1. The number of nitrogens with zero attached hydrogens (tertiary/aromatic N) is 1. The summed E-state index contributed by atoms with van der Waals surface area (Å²) in [5, 5.41) is 7.18. The highest BCUT2D eigenvalue weighted by molar-refractivity contribution is 6.30. The molecule has 5 heteroatoms. The molecular weight excluding hydrogens is 410 g/mol. The SMILES string of the molecule is COc1cc(/C=N\OCc2cccc3ccccc23)ccc1OCc1ccc(Cl)cc1. The summed E-state index contributed by atoms with van der Waals surface area (Å²) in [4.78, 5) is 5.54. The third-order valence-corrected chi connectivity index (χ3v) is 5.12.